The minimum Gasteiger partial charge on any atom is -0.497 e. The van der Waals surface area contributed by atoms with E-state index in [1.807, 2.05) is 24.3 Å². The number of fused-ring (bicyclic) bond motifs is 1. The average molecular weight is 603 g/mol. The molecule has 1 aliphatic rings. The van der Waals surface area contributed by atoms with Crippen molar-refractivity contribution in [3.8, 4) is 33.8 Å². The monoisotopic (exact) mass is 602 g/mol. The molecule has 0 saturated carbocycles. The lowest BCUT2D eigenvalue weighted by Crippen LogP contribution is -2.24. The molecule has 0 aliphatic carbocycles. The largest absolute Gasteiger partial charge is 0.497 e. The Labute approximate surface area is 250 Å². The molecular formula is C29H27ClN8O5. The third-order valence-electron chi connectivity index (χ3n) is 7.16. The number of pyridine rings is 1. The number of methoxy groups -OCH3 is 2. The molecule has 1 atom stereocenters. The highest BCUT2D eigenvalue weighted by molar-refractivity contribution is 6.31. The standard InChI is InChI=1S/C29H27ClN8O5/c1-41-11-12-43-29(40)32-19-5-3-17(4-6-19)26-27(30)34-28(33-26)24-9-7-20-13-18(14-25(39)38(20)24)22-15-21(42-2)8-10-23(22)37-16-31-35-36-37/h3-6,8,10,13-16,24H,7,9,11-12H2,1-2H3,(H,32,40)(H,33,34)/t24-/m0/s1. The summed E-state index contributed by atoms with van der Waals surface area (Å²) in [7, 11) is 3.12. The lowest BCUT2D eigenvalue weighted by molar-refractivity contribution is 0.107. The molecule has 0 fully saturated rings. The summed E-state index contributed by atoms with van der Waals surface area (Å²) >= 11 is 6.58. The van der Waals surface area contributed by atoms with Crippen LogP contribution >= 0.6 is 11.6 Å². The zero-order chi connectivity index (χ0) is 29.9. The number of anilines is 1. The van der Waals surface area contributed by atoms with Gasteiger partial charge in [0.2, 0.25) is 0 Å². The quantitative estimate of drug-likeness (QED) is 0.236. The van der Waals surface area contributed by atoms with Crippen LogP contribution in [-0.4, -0.2) is 68.3 Å². The number of ether oxygens (including phenoxy) is 3. The second kappa shape index (κ2) is 12.1. The highest BCUT2D eigenvalue weighted by Crippen LogP contribution is 2.36. The first-order valence-corrected chi connectivity index (χ1v) is 13.8. The number of carbonyl (C=O) groups is 1. The van der Waals surface area contributed by atoms with Crippen molar-refractivity contribution in [1.29, 1.82) is 0 Å². The molecule has 2 N–H and O–H groups in total. The summed E-state index contributed by atoms with van der Waals surface area (Å²) in [4.78, 5) is 33.4. The molecule has 13 nitrogen and oxygen atoms in total. The van der Waals surface area contributed by atoms with Gasteiger partial charge < -0.3 is 23.8 Å². The lowest BCUT2D eigenvalue weighted by atomic mass is 10.0. The first kappa shape index (κ1) is 28.1. The number of hydrogen-bond acceptors (Lipinski definition) is 9. The Hall–Kier alpha value is -5.01. The number of aromatic amines is 1. The predicted molar refractivity (Wildman–Crippen MR) is 158 cm³/mol. The second-order valence-electron chi connectivity index (χ2n) is 9.75. The first-order valence-electron chi connectivity index (χ1n) is 13.4. The number of H-pyrrole nitrogens is 1. The SMILES string of the molecule is COCCOC(=O)Nc1ccc(-c2nc([C@@H]3CCc4cc(-c5cc(OC)ccc5-n5cnnn5)cc(=O)n43)[nH]c2Cl)cc1. The Morgan fingerprint density at radius 2 is 1.93 bits per heavy atom. The van der Waals surface area contributed by atoms with E-state index in [9.17, 15) is 9.59 Å². The van der Waals surface area contributed by atoms with E-state index < -0.39 is 6.09 Å². The van der Waals surface area contributed by atoms with Crippen LogP contribution in [0.5, 0.6) is 5.75 Å². The van der Waals surface area contributed by atoms with Gasteiger partial charge in [-0.2, -0.15) is 4.68 Å². The van der Waals surface area contributed by atoms with Crippen LogP contribution in [0, 0.1) is 0 Å². The van der Waals surface area contributed by atoms with E-state index in [1.165, 1.54) is 13.4 Å². The van der Waals surface area contributed by atoms with Crippen LogP contribution < -0.4 is 15.6 Å². The smallest absolute Gasteiger partial charge is 0.411 e. The maximum atomic E-state index is 13.6. The van der Waals surface area contributed by atoms with E-state index in [4.69, 9.17) is 30.8 Å². The molecule has 43 heavy (non-hydrogen) atoms. The summed E-state index contributed by atoms with van der Waals surface area (Å²) in [5.41, 5.74) is 4.78. The number of hydrogen-bond donors (Lipinski definition) is 2. The molecule has 1 aliphatic heterocycles. The third-order valence-corrected chi connectivity index (χ3v) is 7.44. The summed E-state index contributed by atoms with van der Waals surface area (Å²) in [5.74, 6) is 1.24. The van der Waals surface area contributed by atoms with Crippen LogP contribution in [0.3, 0.4) is 0 Å². The molecular weight excluding hydrogens is 576 g/mol. The van der Waals surface area contributed by atoms with Gasteiger partial charge in [0.05, 0.1) is 25.4 Å². The molecule has 4 heterocycles. The van der Waals surface area contributed by atoms with Gasteiger partial charge in [0.15, 0.2) is 0 Å². The molecule has 220 valence electrons. The summed E-state index contributed by atoms with van der Waals surface area (Å²) in [6, 6.07) is 15.9. The fourth-order valence-electron chi connectivity index (χ4n) is 5.16. The molecule has 1 amide bonds. The maximum Gasteiger partial charge on any atom is 0.411 e. The Balaban J connectivity index is 1.26. The minimum atomic E-state index is -0.573. The molecule has 5 aromatic rings. The van der Waals surface area contributed by atoms with Crippen molar-refractivity contribution in [2.75, 3.05) is 32.8 Å². The minimum absolute atomic E-state index is 0.156. The van der Waals surface area contributed by atoms with Gasteiger partial charge in [0.25, 0.3) is 5.56 Å². The van der Waals surface area contributed by atoms with Gasteiger partial charge >= 0.3 is 6.09 Å². The Kier molecular flexibility index (Phi) is 7.90. The average Bonchev–Trinajstić information content (AvgIpc) is 3.78. The van der Waals surface area contributed by atoms with E-state index in [0.29, 0.717) is 47.6 Å². The van der Waals surface area contributed by atoms with Crippen molar-refractivity contribution in [2.45, 2.75) is 18.9 Å². The molecule has 14 heteroatoms. The van der Waals surface area contributed by atoms with Gasteiger partial charge in [-0.1, -0.05) is 23.7 Å². The lowest BCUT2D eigenvalue weighted by Gasteiger charge is -2.15. The molecule has 3 aromatic heterocycles. The van der Waals surface area contributed by atoms with Crippen LogP contribution in [0.1, 0.15) is 24.0 Å². The fourth-order valence-corrected chi connectivity index (χ4v) is 5.40. The van der Waals surface area contributed by atoms with Crippen molar-refractivity contribution in [1.82, 2.24) is 34.7 Å². The fraction of sp³-hybridized carbons (Fsp3) is 0.241. The summed E-state index contributed by atoms with van der Waals surface area (Å²) in [6.07, 6.45) is 2.28. The second-order valence-corrected chi connectivity index (χ2v) is 10.1. The van der Waals surface area contributed by atoms with E-state index in [2.05, 4.69) is 25.8 Å². The first-order chi connectivity index (χ1) is 20.9. The number of benzene rings is 2. The number of nitrogens with one attached hydrogen (secondary N) is 2. The van der Waals surface area contributed by atoms with E-state index in [1.54, 1.807) is 46.7 Å². The zero-order valence-electron chi connectivity index (χ0n) is 23.3. The van der Waals surface area contributed by atoms with Gasteiger partial charge in [0.1, 0.15) is 35.4 Å². The molecule has 0 unspecified atom stereocenters. The Morgan fingerprint density at radius 3 is 2.67 bits per heavy atom. The van der Waals surface area contributed by atoms with Crippen molar-refractivity contribution in [2.24, 2.45) is 0 Å². The van der Waals surface area contributed by atoms with Crippen LogP contribution in [0.2, 0.25) is 5.15 Å². The molecule has 0 bridgehead atoms. The number of halogens is 1. The molecule has 2 aromatic carbocycles. The van der Waals surface area contributed by atoms with Crippen molar-refractivity contribution in [3.05, 3.63) is 87.9 Å². The van der Waals surface area contributed by atoms with E-state index >= 15 is 0 Å². The van der Waals surface area contributed by atoms with Crippen LogP contribution in [-0.2, 0) is 15.9 Å². The third kappa shape index (κ3) is 5.72. The molecule has 0 spiro atoms. The van der Waals surface area contributed by atoms with Crippen LogP contribution in [0.15, 0.2) is 65.7 Å². The number of aryl methyl sites for hydroxylation is 1. The van der Waals surface area contributed by atoms with Crippen molar-refractivity contribution in [3.63, 3.8) is 0 Å². The molecule has 0 radical (unpaired) electrons. The number of carbonyl (C=O) groups excluding carboxylic acids is 1. The number of nitrogens with zero attached hydrogens (tertiary/aromatic N) is 6. The number of imidazole rings is 1. The summed E-state index contributed by atoms with van der Waals surface area (Å²) in [5, 5.41) is 14.5. The van der Waals surface area contributed by atoms with Gasteiger partial charge in [-0.25, -0.2) is 9.78 Å². The van der Waals surface area contributed by atoms with Crippen molar-refractivity contribution < 1.29 is 19.0 Å². The highest BCUT2D eigenvalue weighted by atomic mass is 35.5. The van der Waals surface area contributed by atoms with Gasteiger partial charge in [-0.15, -0.1) is 5.10 Å². The Morgan fingerprint density at radius 1 is 1.09 bits per heavy atom. The van der Waals surface area contributed by atoms with Gasteiger partial charge in [0, 0.05) is 35.7 Å². The topological polar surface area (TPSA) is 151 Å². The Bertz CT molecular complexity index is 1820. The predicted octanol–water partition coefficient (Wildman–Crippen LogP) is 4.27. The van der Waals surface area contributed by atoms with E-state index in [0.717, 1.165) is 28.1 Å². The molecule has 0 saturated heterocycles. The van der Waals surface area contributed by atoms with E-state index in [-0.39, 0.29) is 18.2 Å². The number of amides is 1. The summed E-state index contributed by atoms with van der Waals surface area (Å²) < 4.78 is 18.6. The van der Waals surface area contributed by atoms with Crippen LogP contribution in [0.4, 0.5) is 10.5 Å². The number of aromatic nitrogens is 7. The zero-order valence-corrected chi connectivity index (χ0v) is 24.0. The highest BCUT2D eigenvalue weighted by Gasteiger charge is 2.29. The number of rotatable bonds is 9. The van der Waals surface area contributed by atoms with Gasteiger partial charge in [-0.05, 0) is 65.2 Å². The van der Waals surface area contributed by atoms with Crippen LogP contribution in [0.25, 0.3) is 28.1 Å². The number of tetrazole rings is 1. The van der Waals surface area contributed by atoms with Crippen molar-refractivity contribution >= 4 is 23.4 Å². The maximum absolute atomic E-state index is 13.6. The molecule has 6 rings (SSSR count). The summed E-state index contributed by atoms with van der Waals surface area (Å²) in [6.45, 7) is 0.472. The van der Waals surface area contributed by atoms with Gasteiger partial charge in [-0.3, -0.25) is 10.1 Å². The normalized spacial score (nSPS) is 14.0.